The van der Waals surface area contributed by atoms with Crippen molar-refractivity contribution in [3.63, 3.8) is 0 Å². The van der Waals surface area contributed by atoms with Gasteiger partial charge in [-0.25, -0.2) is 0 Å². The first-order valence-electron chi connectivity index (χ1n) is 9.69. The number of primary amides is 1. The molecular formula is C18H31N3O6. The van der Waals surface area contributed by atoms with E-state index in [1.54, 1.807) is 0 Å². The number of carbonyl (C=O) groups is 3. The number of β-amino-alcohol motifs (C(OH)–C–C–N with tert-alkyl or cyclic N) is 1. The molecule has 2 aliphatic rings. The fourth-order valence-electron chi connectivity index (χ4n) is 3.97. The number of nitrogens with one attached hydrogen (secondary N) is 1. The summed E-state index contributed by atoms with van der Waals surface area (Å²) in [6.07, 6.45) is 3.17. The molecule has 2 fully saturated rings. The summed E-state index contributed by atoms with van der Waals surface area (Å²) in [6, 6.07) is -1.61. The van der Waals surface area contributed by atoms with Gasteiger partial charge >= 0.3 is 0 Å². The van der Waals surface area contributed by atoms with Crippen molar-refractivity contribution in [1.29, 1.82) is 0 Å². The van der Waals surface area contributed by atoms with Crippen LogP contribution in [0.1, 0.15) is 51.4 Å². The van der Waals surface area contributed by atoms with Crippen molar-refractivity contribution in [2.45, 2.75) is 75.7 Å². The number of nitrogens with two attached hydrogens (primary N) is 1. The highest BCUT2D eigenvalue weighted by atomic mass is 16.4. The van der Waals surface area contributed by atoms with Gasteiger partial charge < -0.3 is 31.3 Å². The molecule has 6 N–H and O–H groups in total. The van der Waals surface area contributed by atoms with Crippen LogP contribution in [0.3, 0.4) is 0 Å². The Hall–Kier alpha value is -1.71. The zero-order valence-corrected chi connectivity index (χ0v) is 15.5. The zero-order chi connectivity index (χ0) is 20.0. The van der Waals surface area contributed by atoms with Crippen molar-refractivity contribution in [1.82, 2.24) is 10.2 Å². The minimum Gasteiger partial charge on any atom is -0.394 e. The number of rotatable bonds is 9. The fourth-order valence-corrected chi connectivity index (χ4v) is 3.97. The first kappa shape index (κ1) is 21.6. The largest absolute Gasteiger partial charge is 0.394 e. The molecule has 9 heteroatoms. The maximum Gasteiger partial charge on any atom is 0.245 e. The Morgan fingerprint density at radius 2 is 1.85 bits per heavy atom. The van der Waals surface area contributed by atoms with E-state index >= 15 is 0 Å². The molecule has 0 bridgehead atoms. The van der Waals surface area contributed by atoms with Crippen molar-refractivity contribution < 1.29 is 29.7 Å². The summed E-state index contributed by atoms with van der Waals surface area (Å²) in [6.45, 7) is -0.953. The van der Waals surface area contributed by atoms with E-state index in [4.69, 9.17) is 10.8 Å². The third-order valence-electron chi connectivity index (χ3n) is 5.55. The second-order valence-corrected chi connectivity index (χ2v) is 7.63. The Kier molecular flexibility index (Phi) is 8.00. The van der Waals surface area contributed by atoms with Crippen molar-refractivity contribution in [2.24, 2.45) is 11.7 Å². The lowest BCUT2D eigenvalue weighted by Gasteiger charge is -2.41. The van der Waals surface area contributed by atoms with Crippen LogP contribution in [0, 0.1) is 5.92 Å². The monoisotopic (exact) mass is 385 g/mol. The average Bonchev–Trinajstić information content (AvgIpc) is 2.65. The minimum absolute atomic E-state index is 0.0466. The fraction of sp³-hybridized carbons (Fsp3) is 0.833. The van der Waals surface area contributed by atoms with Gasteiger partial charge in [0.1, 0.15) is 18.2 Å². The van der Waals surface area contributed by atoms with Gasteiger partial charge in [-0.15, -0.1) is 0 Å². The first-order valence-corrected chi connectivity index (χ1v) is 9.69. The molecule has 0 aromatic carbocycles. The number of hydrogen-bond acceptors (Lipinski definition) is 6. The van der Waals surface area contributed by atoms with Crippen LogP contribution in [0.2, 0.25) is 0 Å². The van der Waals surface area contributed by atoms with Gasteiger partial charge in [0.15, 0.2) is 0 Å². The predicted molar refractivity (Wildman–Crippen MR) is 96.2 cm³/mol. The third kappa shape index (κ3) is 5.88. The minimum atomic E-state index is -1.42. The summed E-state index contributed by atoms with van der Waals surface area (Å²) in [7, 11) is 0. The average molecular weight is 385 g/mol. The van der Waals surface area contributed by atoms with E-state index in [1.165, 1.54) is 11.3 Å². The van der Waals surface area contributed by atoms with Gasteiger partial charge in [0, 0.05) is 6.42 Å². The molecule has 154 valence electrons. The van der Waals surface area contributed by atoms with Gasteiger partial charge in [0.2, 0.25) is 17.7 Å². The maximum absolute atomic E-state index is 13.0. The van der Waals surface area contributed by atoms with Crippen LogP contribution in [0.5, 0.6) is 0 Å². The number of hydrogen-bond donors (Lipinski definition) is 5. The number of nitrogens with zero attached hydrogens (tertiary/aromatic N) is 1. The molecule has 1 heterocycles. The van der Waals surface area contributed by atoms with Crippen molar-refractivity contribution in [2.75, 3.05) is 13.2 Å². The number of aliphatic hydroxyl groups is 3. The highest BCUT2D eigenvalue weighted by molar-refractivity contribution is 5.97. The molecule has 1 saturated heterocycles. The van der Waals surface area contributed by atoms with Crippen LogP contribution in [-0.2, 0) is 14.4 Å². The summed E-state index contributed by atoms with van der Waals surface area (Å²) < 4.78 is 0. The molecule has 27 heavy (non-hydrogen) atoms. The van der Waals surface area contributed by atoms with Crippen molar-refractivity contribution >= 4 is 17.7 Å². The van der Waals surface area contributed by atoms with E-state index in [0.29, 0.717) is 12.3 Å². The van der Waals surface area contributed by atoms with E-state index in [0.717, 1.165) is 25.7 Å². The number of carbonyl (C=O) groups excluding carboxylic acids is 3. The zero-order valence-electron chi connectivity index (χ0n) is 15.5. The quantitative estimate of drug-likeness (QED) is 0.330. The summed E-state index contributed by atoms with van der Waals surface area (Å²) in [5.41, 5.74) is 5.16. The van der Waals surface area contributed by atoms with Gasteiger partial charge in [0.25, 0.3) is 0 Å². The number of amides is 3. The highest BCUT2D eigenvalue weighted by Crippen LogP contribution is 2.29. The maximum atomic E-state index is 13.0. The molecular weight excluding hydrogens is 354 g/mol. The second-order valence-electron chi connectivity index (χ2n) is 7.63. The van der Waals surface area contributed by atoms with Crippen LogP contribution in [0.4, 0.5) is 0 Å². The lowest BCUT2D eigenvalue weighted by Crippen LogP contribution is -2.65. The number of aliphatic hydroxyl groups excluding tert-OH is 3. The molecule has 3 amide bonds. The normalized spacial score (nSPS) is 26.6. The Labute approximate surface area is 158 Å². The van der Waals surface area contributed by atoms with Gasteiger partial charge in [0.05, 0.1) is 19.3 Å². The van der Waals surface area contributed by atoms with E-state index < -0.39 is 36.8 Å². The van der Waals surface area contributed by atoms with E-state index in [1.807, 2.05) is 0 Å². The predicted octanol–water partition coefficient (Wildman–Crippen LogP) is -1.37. The number of piperazine rings is 1. The summed E-state index contributed by atoms with van der Waals surface area (Å²) in [5.74, 6) is -0.943. The molecule has 1 aliphatic carbocycles. The van der Waals surface area contributed by atoms with Crippen LogP contribution >= 0.6 is 0 Å². The Morgan fingerprint density at radius 1 is 1.19 bits per heavy atom. The molecule has 0 aromatic heterocycles. The van der Waals surface area contributed by atoms with Gasteiger partial charge in [-0.2, -0.15) is 0 Å². The summed E-state index contributed by atoms with van der Waals surface area (Å²) in [5, 5.41) is 31.4. The molecule has 0 radical (unpaired) electrons. The van der Waals surface area contributed by atoms with Gasteiger partial charge in [-0.05, 0) is 18.8 Å². The Balaban J connectivity index is 2.12. The lowest BCUT2D eigenvalue weighted by atomic mass is 9.83. The molecule has 0 spiro atoms. The third-order valence-corrected chi connectivity index (χ3v) is 5.55. The molecule has 9 nitrogen and oxygen atoms in total. The van der Waals surface area contributed by atoms with E-state index in [-0.39, 0.29) is 31.2 Å². The van der Waals surface area contributed by atoms with Crippen LogP contribution in [0.25, 0.3) is 0 Å². The molecule has 1 aliphatic heterocycles. The van der Waals surface area contributed by atoms with Crippen molar-refractivity contribution in [3.05, 3.63) is 0 Å². The van der Waals surface area contributed by atoms with Crippen LogP contribution < -0.4 is 11.1 Å². The van der Waals surface area contributed by atoms with Gasteiger partial charge in [-0.3, -0.25) is 14.4 Å². The molecule has 4 unspecified atom stereocenters. The van der Waals surface area contributed by atoms with Crippen LogP contribution in [0.15, 0.2) is 0 Å². The second kappa shape index (κ2) is 10.0. The van der Waals surface area contributed by atoms with Crippen LogP contribution in [-0.4, -0.2) is 75.4 Å². The highest BCUT2D eigenvalue weighted by Gasteiger charge is 2.42. The Bertz CT molecular complexity index is 537. The van der Waals surface area contributed by atoms with E-state index in [2.05, 4.69) is 5.32 Å². The lowest BCUT2D eigenvalue weighted by molar-refractivity contribution is -0.153. The molecule has 1 saturated carbocycles. The summed E-state index contributed by atoms with van der Waals surface area (Å²) >= 11 is 0. The molecule has 0 aromatic rings. The standard InChI is InChI=1S/C18H31N3O6/c19-16(25)7-6-13-17(26)20-12(8-11-4-2-1-3-5-11)18(27)21(13)9-14(23)15(24)10-22/h11-15,22-24H,1-10H2,(H2,19,25)(H,20,26). The molecule has 2 rings (SSSR count). The van der Waals surface area contributed by atoms with Gasteiger partial charge in [-0.1, -0.05) is 32.1 Å². The topological polar surface area (TPSA) is 153 Å². The summed E-state index contributed by atoms with van der Waals surface area (Å²) in [4.78, 5) is 37.9. The molecule has 4 atom stereocenters. The van der Waals surface area contributed by atoms with Crippen molar-refractivity contribution in [3.8, 4) is 0 Å². The van der Waals surface area contributed by atoms with E-state index in [9.17, 15) is 24.6 Å². The Morgan fingerprint density at radius 3 is 2.44 bits per heavy atom. The SMILES string of the molecule is NC(=O)CCC1C(=O)NC(CC2CCCCC2)C(=O)N1CC(O)C(O)CO. The smallest absolute Gasteiger partial charge is 0.245 e. The first-order chi connectivity index (χ1) is 12.8.